The molecule has 3 amide bonds. The zero-order valence-electron chi connectivity index (χ0n) is 17.3. The molecule has 3 aromatic rings. The quantitative estimate of drug-likeness (QED) is 0.428. The van der Waals surface area contributed by atoms with Crippen molar-refractivity contribution in [1.29, 1.82) is 0 Å². The number of amides is 3. The molecule has 1 heterocycles. The highest BCUT2D eigenvalue weighted by Crippen LogP contribution is 2.20. The molecule has 2 aromatic carbocycles. The van der Waals surface area contributed by atoms with Gasteiger partial charge in [0.15, 0.2) is 0 Å². The normalized spacial score (nSPS) is 10.5. The summed E-state index contributed by atoms with van der Waals surface area (Å²) in [5, 5.41) is 9.35. The molecule has 3 rings (SSSR count). The van der Waals surface area contributed by atoms with Crippen LogP contribution in [0.4, 0.5) is 10.5 Å². The van der Waals surface area contributed by atoms with Gasteiger partial charge in [0.1, 0.15) is 5.75 Å². The summed E-state index contributed by atoms with van der Waals surface area (Å²) >= 11 is 0. The molecule has 162 valence electrons. The number of methoxy groups -OCH3 is 1. The smallest absolute Gasteiger partial charge is 0.316 e. The first kappa shape index (κ1) is 21.8. The fourth-order valence-corrected chi connectivity index (χ4v) is 2.94. The summed E-state index contributed by atoms with van der Waals surface area (Å²) in [6.07, 6.45) is 3.33. The third kappa shape index (κ3) is 6.56. The Morgan fingerprint density at radius 2 is 1.77 bits per heavy atom. The molecular weight excluding hydrogens is 398 g/mol. The lowest BCUT2D eigenvalue weighted by molar-refractivity contribution is 0.0953. The number of anilines is 1. The summed E-state index contributed by atoms with van der Waals surface area (Å²) < 4.78 is 10.5. The van der Waals surface area contributed by atoms with Gasteiger partial charge >= 0.3 is 6.03 Å². The van der Waals surface area contributed by atoms with Gasteiger partial charge in [-0.1, -0.05) is 11.6 Å². The Kier molecular flexibility index (Phi) is 7.58. The number of aryl methyl sites for hydroxylation is 1. The van der Waals surface area contributed by atoms with Crippen LogP contribution in [0.2, 0.25) is 0 Å². The van der Waals surface area contributed by atoms with Gasteiger partial charge in [-0.25, -0.2) is 4.79 Å². The van der Waals surface area contributed by atoms with E-state index in [1.54, 1.807) is 31.4 Å². The van der Waals surface area contributed by atoms with Crippen LogP contribution < -0.4 is 21.1 Å². The van der Waals surface area contributed by atoms with E-state index in [2.05, 4.69) is 20.8 Å². The van der Waals surface area contributed by atoms with Gasteiger partial charge in [-0.05, 0) is 61.4 Å². The fraction of sp³-hybridized carbons (Fsp3) is 0.273. The Bertz CT molecular complexity index is 1000. The number of nitrogens with zero attached hydrogens (tertiary/aromatic N) is 2. The number of nitrogens with one attached hydrogen (secondary N) is 2. The van der Waals surface area contributed by atoms with E-state index in [1.807, 2.05) is 24.3 Å². The number of benzene rings is 2. The number of ether oxygens (including phenoxy) is 1. The molecule has 0 aliphatic rings. The Morgan fingerprint density at radius 1 is 1.03 bits per heavy atom. The van der Waals surface area contributed by atoms with Gasteiger partial charge in [-0.3, -0.25) is 4.79 Å². The molecule has 0 aliphatic heterocycles. The van der Waals surface area contributed by atoms with Crippen LogP contribution in [0.1, 0.15) is 35.5 Å². The summed E-state index contributed by atoms with van der Waals surface area (Å²) in [7, 11) is 1.62. The van der Waals surface area contributed by atoms with E-state index in [9.17, 15) is 9.59 Å². The van der Waals surface area contributed by atoms with Crippen molar-refractivity contribution in [3.63, 3.8) is 0 Å². The number of aromatic nitrogens is 2. The molecule has 9 heteroatoms. The van der Waals surface area contributed by atoms with E-state index in [0.717, 1.165) is 30.6 Å². The van der Waals surface area contributed by atoms with Gasteiger partial charge < -0.3 is 25.6 Å². The van der Waals surface area contributed by atoms with Gasteiger partial charge in [0.25, 0.3) is 5.91 Å². The Balaban J connectivity index is 1.34. The van der Waals surface area contributed by atoms with Crippen molar-refractivity contribution < 1.29 is 18.8 Å². The maximum atomic E-state index is 12.1. The van der Waals surface area contributed by atoms with Crippen molar-refractivity contribution in [2.45, 2.75) is 25.7 Å². The summed E-state index contributed by atoms with van der Waals surface area (Å²) in [5.41, 5.74) is 6.99. The SMILES string of the molecule is COc1ccc(-c2noc(CCCCCNC(=O)c3ccc(NC(N)=O)cc3)n2)cc1. The predicted octanol–water partition coefficient (Wildman–Crippen LogP) is 3.38. The number of urea groups is 1. The lowest BCUT2D eigenvalue weighted by Gasteiger charge is -2.06. The Labute approximate surface area is 180 Å². The number of primary amides is 1. The van der Waals surface area contributed by atoms with Crippen LogP contribution in [-0.2, 0) is 6.42 Å². The van der Waals surface area contributed by atoms with Gasteiger partial charge in [-0.15, -0.1) is 0 Å². The molecule has 0 saturated heterocycles. The molecular formula is C22H25N5O4. The number of rotatable bonds is 10. The number of carbonyl (C=O) groups excluding carboxylic acids is 2. The minimum atomic E-state index is -0.644. The molecule has 1 aromatic heterocycles. The molecule has 0 aliphatic carbocycles. The van der Waals surface area contributed by atoms with Gasteiger partial charge in [0.05, 0.1) is 7.11 Å². The average Bonchev–Trinajstić information content (AvgIpc) is 3.25. The van der Waals surface area contributed by atoms with Crippen molar-refractivity contribution in [2.24, 2.45) is 5.73 Å². The standard InChI is InChI=1S/C22H25N5O4/c1-30-18-12-8-15(9-13-18)20-26-19(31-27-20)5-3-2-4-14-24-21(28)16-6-10-17(11-7-16)25-22(23)29/h6-13H,2-5,14H2,1H3,(H,24,28)(H3,23,25,29). The van der Waals surface area contributed by atoms with Crippen molar-refractivity contribution in [3.8, 4) is 17.1 Å². The molecule has 4 N–H and O–H groups in total. The van der Waals surface area contributed by atoms with Crippen LogP contribution in [0.3, 0.4) is 0 Å². The van der Waals surface area contributed by atoms with Crippen LogP contribution in [0.5, 0.6) is 5.75 Å². The highest BCUT2D eigenvalue weighted by atomic mass is 16.5. The lowest BCUT2D eigenvalue weighted by Crippen LogP contribution is -2.24. The highest BCUT2D eigenvalue weighted by Gasteiger charge is 2.09. The summed E-state index contributed by atoms with van der Waals surface area (Å²) in [6.45, 7) is 0.570. The molecule has 0 spiro atoms. The first-order valence-electron chi connectivity index (χ1n) is 9.97. The zero-order valence-corrected chi connectivity index (χ0v) is 17.3. The van der Waals surface area contributed by atoms with E-state index in [0.29, 0.717) is 35.9 Å². The van der Waals surface area contributed by atoms with E-state index >= 15 is 0 Å². The highest BCUT2D eigenvalue weighted by molar-refractivity contribution is 5.95. The zero-order chi connectivity index (χ0) is 22.1. The first-order chi connectivity index (χ1) is 15.0. The van der Waals surface area contributed by atoms with Gasteiger partial charge in [-0.2, -0.15) is 4.98 Å². The van der Waals surface area contributed by atoms with Crippen LogP contribution in [0.25, 0.3) is 11.4 Å². The topological polar surface area (TPSA) is 132 Å². The third-order valence-corrected chi connectivity index (χ3v) is 4.58. The van der Waals surface area contributed by atoms with Crippen LogP contribution in [0.15, 0.2) is 53.1 Å². The first-order valence-corrected chi connectivity index (χ1v) is 9.97. The van der Waals surface area contributed by atoms with Crippen molar-refractivity contribution in [3.05, 3.63) is 60.0 Å². The van der Waals surface area contributed by atoms with E-state index in [4.69, 9.17) is 15.0 Å². The second kappa shape index (κ2) is 10.8. The van der Waals surface area contributed by atoms with Crippen molar-refractivity contribution in [2.75, 3.05) is 19.0 Å². The molecule has 31 heavy (non-hydrogen) atoms. The minimum Gasteiger partial charge on any atom is -0.497 e. The average molecular weight is 423 g/mol. The summed E-state index contributed by atoms with van der Waals surface area (Å²) in [4.78, 5) is 27.4. The molecule has 0 atom stereocenters. The predicted molar refractivity (Wildman–Crippen MR) is 116 cm³/mol. The third-order valence-electron chi connectivity index (χ3n) is 4.58. The molecule has 0 bridgehead atoms. The van der Waals surface area contributed by atoms with E-state index < -0.39 is 6.03 Å². The fourth-order valence-electron chi connectivity index (χ4n) is 2.94. The van der Waals surface area contributed by atoms with Crippen molar-refractivity contribution >= 4 is 17.6 Å². The van der Waals surface area contributed by atoms with E-state index in [-0.39, 0.29) is 5.91 Å². The number of nitrogens with two attached hydrogens (primary N) is 1. The van der Waals surface area contributed by atoms with Gasteiger partial charge in [0, 0.05) is 29.8 Å². The minimum absolute atomic E-state index is 0.161. The molecule has 9 nitrogen and oxygen atoms in total. The number of hydrogen-bond acceptors (Lipinski definition) is 6. The molecule has 0 fully saturated rings. The maximum Gasteiger partial charge on any atom is 0.316 e. The number of carbonyl (C=O) groups is 2. The summed E-state index contributed by atoms with van der Waals surface area (Å²) in [6, 6.07) is 13.4. The Morgan fingerprint density at radius 3 is 2.45 bits per heavy atom. The van der Waals surface area contributed by atoms with Crippen molar-refractivity contribution in [1.82, 2.24) is 15.5 Å². The van der Waals surface area contributed by atoms with Gasteiger partial charge in [0.2, 0.25) is 11.7 Å². The van der Waals surface area contributed by atoms with E-state index in [1.165, 1.54) is 0 Å². The number of unbranched alkanes of at least 4 members (excludes halogenated alkanes) is 2. The van der Waals surface area contributed by atoms with Crippen LogP contribution in [0, 0.1) is 0 Å². The molecule has 0 saturated carbocycles. The summed E-state index contributed by atoms with van der Waals surface area (Å²) in [5.74, 6) is 1.77. The monoisotopic (exact) mass is 423 g/mol. The largest absolute Gasteiger partial charge is 0.497 e. The second-order valence-electron chi connectivity index (χ2n) is 6.87. The lowest BCUT2D eigenvalue weighted by atomic mass is 10.1. The van der Waals surface area contributed by atoms with Crippen LogP contribution in [-0.4, -0.2) is 35.7 Å². The second-order valence-corrected chi connectivity index (χ2v) is 6.87. The Hall–Kier alpha value is -3.88. The maximum absolute atomic E-state index is 12.1. The number of hydrogen-bond donors (Lipinski definition) is 3. The molecule has 0 unspecified atom stereocenters. The van der Waals surface area contributed by atoms with Crippen LogP contribution >= 0.6 is 0 Å². The molecule has 0 radical (unpaired) electrons.